The minimum atomic E-state index is 0.564. The fourth-order valence-electron chi connectivity index (χ4n) is 3.98. The predicted molar refractivity (Wildman–Crippen MR) is 86.1 cm³/mol. The lowest BCUT2D eigenvalue weighted by molar-refractivity contribution is 0.134. The molecule has 20 heavy (non-hydrogen) atoms. The molecule has 0 spiro atoms. The Kier molecular flexibility index (Phi) is 4.51. The molecule has 0 amide bonds. The number of fused-ring (bicyclic) bond motifs is 2. The van der Waals surface area contributed by atoms with Crippen LogP contribution in [0.1, 0.15) is 64.1 Å². The lowest BCUT2D eigenvalue weighted by Crippen LogP contribution is -2.42. The van der Waals surface area contributed by atoms with Crippen molar-refractivity contribution < 1.29 is 0 Å². The van der Waals surface area contributed by atoms with Gasteiger partial charge in [0.25, 0.3) is 0 Å². The summed E-state index contributed by atoms with van der Waals surface area (Å²) in [6, 6.07) is 4.33. The van der Waals surface area contributed by atoms with E-state index in [-0.39, 0.29) is 0 Å². The van der Waals surface area contributed by atoms with Crippen LogP contribution in [0.25, 0.3) is 0 Å². The van der Waals surface area contributed by atoms with Gasteiger partial charge in [0.05, 0.1) is 11.7 Å². The van der Waals surface area contributed by atoms with Crippen molar-refractivity contribution in [2.45, 2.75) is 81.9 Å². The van der Waals surface area contributed by atoms with Crippen LogP contribution < -0.4 is 0 Å². The van der Waals surface area contributed by atoms with Crippen molar-refractivity contribution in [2.75, 3.05) is 0 Å². The molecule has 3 rings (SSSR count). The number of piperidine rings is 1. The first-order valence-corrected chi connectivity index (χ1v) is 9.06. The molecule has 2 unspecified atom stereocenters. The van der Waals surface area contributed by atoms with Gasteiger partial charge in [0.1, 0.15) is 0 Å². The Morgan fingerprint density at radius 3 is 2.50 bits per heavy atom. The number of rotatable bonds is 5. The van der Waals surface area contributed by atoms with Gasteiger partial charge in [-0.25, -0.2) is 0 Å². The molecule has 3 heterocycles. The van der Waals surface area contributed by atoms with Crippen LogP contribution in [0.3, 0.4) is 0 Å². The Bertz CT molecular complexity index is 427. The number of aromatic nitrogens is 2. The summed E-state index contributed by atoms with van der Waals surface area (Å²) in [6.07, 6.45) is 9.87. The smallest absolute Gasteiger partial charge is 0.0765 e. The van der Waals surface area contributed by atoms with Crippen LogP contribution in [0.2, 0.25) is 0 Å². The molecule has 2 saturated heterocycles. The maximum atomic E-state index is 4.83. The second kappa shape index (κ2) is 6.18. The molecule has 3 nitrogen and oxygen atoms in total. The molecular formula is C16H26BrN3. The van der Waals surface area contributed by atoms with Crippen LogP contribution in [0, 0.1) is 0 Å². The average Bonchev–Trinajstić information content (AvgIpc) is 2.97. The molecular weight excluding hydrogens is 314 g/mol. The molecule has 0 N–H and O–H groups in total. The topological polar surface area (TPSA) is 21.1 Å². The van der Waals surface area contributed by atoms with Crippen LogP contribution in [0.15, 0.2) is 12.3 Å². The fourth-order valence-corrected chi connectivity index (χ4v) is 4.84. The van der Waals surface area contributed by atoms with E-state index in [9.17, 15) is 0 Å². The zero-order valence-electron chi connectivity index (χ0n) is 12.6. The predicted octanol–water partition coefficient (Wildman–Crippen LogP) is 4.13. The molecule has 0 aliphatic carbocycles. The Morgan fingerprint density at radius 1 is 1.25 bits per heavy atom. The molecule has 1 aromatic heterocycles. The van der Waals surface area contributed by atoms with Gasteiger partial charge < -0.3 is 0 Å². The summed E-state index contributed by atoms with van der Waals surface area (Å²) in [5.41, 5.74) is 1.25. The lowest BCUT2D eigenvalue weighted by Gasteiger charge is -2.36. The summed E-state index contributed by atoms with van der Waals surface area (Å²) in [4.78, 5) is 3.44. The van der Waals surface area contributed by atoms with Crippen LogP contribution in [0.4, 0.5) is 0 Å². The average molecular weight is 340 g/mol. The zero-order valence-corrected chi connectivity index (χ0v) is 14.2. The molecule has 2 fully saturated rings. The first-order valence-electron chi connectivity index (χ1n) is 8.15. The number of halogens is 1. The first kappa shape index (κ1) is 14.6. The van der Waals surface area contributed by atoms with Gasteiger partial charge in [0.2, 0.25) is 0 Å². The van der Waals surface area contributed by atoms with E-state index in [1.165, 1.54) is 31.4 Å². The van der Waals surface area contributed by atoms with E-state index in [1.807, 2.05) is 0 Å². The summed E-state index contributed by atoms with van der Waals surface area (Å²) in [7, 11) is 0. The van der Waals surface area contributed by atoms with Gasteiger partial charge in [-0.3, -0.25) is 9.58 Å². The van der Waals surface area contributed by atoms with E-state index < -0.39 is 0 Å². The van der Waals surface area contributed by atoms with Gasteiger partial charge in [-0.15, -0.1) is 0 Å². The van der Waals surface area contributed by atoms with E-state index in [2.05, 4.69) is 51.6 Å². The van der Waals surface area contributed by atoms with Crippen LogP contribution in [-0.2, 0) is 6.54 Å². The summed E-state index contributed by atoms with van der Waals surface area (Å²) >= 11 is 3.82. The highest BCUT2D eigenvalue weighted by Gasteiger charge is 2.39. The molecule has 0 saturated carbocycles. The summed E-state index contributed by atoms with van der Waals surface area (Å²) in [5.74, 6) is 0. The Morgan fingerprint density at radius 2 is 1.90 bits per heavy atom. The quantitative estimate of drug-likeness (QED) is 0.752. The molecule has 2 bridgehead atoms. The summed E-state index contributed by atoms with van der Waals surface area (Å²) in [5, 5.41) is 4.83. The molecule has 0 radical (unpaired) electrons. The van der Waals surface area contributed by atoms with Crippen molar-refractivity contribution in [1.82, 2.24) is 14.7 Å². The van der Waals surface area contributed by atoms with Crippen molar-refractivity contribution in [3.8, 4) is 0 Å². The second-order valence-corrected chi connectivity index (χ2v) is 7.68. The number of alkyl halides is 1. The van der Waals surface area contributed by atoms with Gasteiger partial charge >= 0.3 is 0 Å². The van der Waals surface area contributed by atoms with Crippen molar-refractivity contribution in [3.63, 3.8) is 0 Å². The lowest BCUT2D eigenvalue weighted by atomic mass is 10.0. The van der Waals surface area contributed by atoms with Crippen LogP contribution in [-0.4, -0.2) is 31.6 Å². The van der Waals surface area contributed by atoms with E-state index in [1.54, 1.807) is 0 Å². The highest BCUT2D eigenvalue weighted by atomic mass is 79.9. The molecule has 4 heteroatoms. The molecule has 2 aliphatic heterocycles. The van der Waals surface area contributed by atoms with E-state index in [4.69, 9.17) is 5.10 Å². The zero-order chi connectivity index (χ0) is 14.1. The highest BCUT2D eigenvalue weighted by molar-refractivity contribution is 9.09. The minimum Gasteiger partial charge on any atom is -0.291 e. The molecule has 1 aromatic rings. The van der Waals surface area contributed by atoms with Crippen molar-refractivity contribution in [1.29, 1.82) is 0 Å². The minimum absolute atomic E-state index is 0.564. The molecule has 2 atom stereocenters. The van der Waals surface area contributed by atoms with Gasteiger partial charge in [0.15, 0.2) is 0 Å². The SMILES string of the molecule is CCC(CC)n1ccc(CN2C3CCC2CC(Br)C3)n1. The highest BCUT2D eigenvalue weighted by Crippen LogP contribution is 2.39. The Labute approximate surface area is 130 Å². The number of nitrogens with zero attached hydrogens (tertiary/aromatic N) is 3. The van der Waals surface area contributed by atoms with E-state index in [0.29, 0.717) is 6.04 Å². The van der Waals surface area contributed by atoms with Gasteiger partial charge in [-0.05, 0) is 44.6 Å². The third-order valence-corrected chi connectivity index (χ3v) is 5.90. The fraction of sp³-hybridized carbons (Fsp3) is 0.812. The summed E-state index contributed by atoms with van der Waals surface area (Å²) < 4.78 is 2.18. The maximum Gasteiger partial charge on any atom is 0.0765 e. The van der Waals surface area contributed by atoms with Crippen LogP contribution >= 0.6 is 15.9 Å². The molecule has 0 aromatic carbocycles. The summed E-state index contributed by atoms with van der Waals surface area (Å²) in [6.45, 7) is 5.54. The third-order valence-electron chi connectivity index (χ3n) is 5.15. The Hall–Kier alpha value is -0.350. The Balaban J connectivity index is 1.67. The van der Waals surface area contributed by atoms with Crippen molar-refractivity contribution in [3.05, 3.63) is 18.0 Å². The van der Waals surface area contributed by atoms with Gasteiger partial charge in [-0.1, -0.05) is 29.8 Å². The second-order valence-electron chi connectivity index (χ2n) is 6.38. The van der Waals surface area contributed by atoms with Crippen LogP contribution in [0.5, 0.6) is 0 Å². The number of hydrogen-bond donors (Lipinski definition) is 0. The number of hydrogen-bond acceptors (Lipinski definition) is 2. The molecule has 2 aliphatic rings. The van der Waals surface area contributed by atoms with Crippen molar-refractivity contribution >= 4 is 15.9 Å². The van der Waals surface area contributed by atoms with E-state index >= 15 is 0 Å². The molecule has 112 valence electrons. The van der Waals surface area contributed by atoms with Crippen molar-refractivity contribution in [2.24, 2.45) is 0 Å². The van der Waals surface area contributed by atoms with Gasteiger partial charge in [-0.2, -0.15) is 5.10 Å². The third kappa shape index (κ3) is 2.82. The van der Waals surface area contributed by atoms with Gasteiger partial charge in [0, 0.05) is 29.7 Å². The first-order chi connectivity index (χ1) is 9.71. The van der Waals surface area contributed by atoms with E-state index in [0.717, 1.165) is 36.3 Å². The normalized spacial score (nSPS) is 30.3. The monoisotopic (exact) mass is 339 g/mol. The maximum absolute atomic E-state index is 4.83. The standard InChI is InChI=1S/C16H26BrN3/c1-3-14(4-2)20-8-7-13(18-20)11-19-15-5-6-16(19)10-12(17)9-15/h7-8,12,14-16H,3-6,9-11H2,1-2H3. The largest absolute Gasteiger partial charge is 0.291 e.